The first-order chi connectivity index (χ1) is 8.50. The third-order valence-corrected chi connectivity index (χ3v) is 2.63. The van der Waals surface area contributed by atoms with Gasteiger partial charge in [-0.1, -0.05) is 6.92 Å². The highest BCUT2D eigenvalue weighted by Crippen LogP contribution is 2.39. The van der Waals surface area contributed by atoms with Crippen molar-refractivity contribution < 1.29 is 31.1 Å². The van der Waals surface area contributed by atoms with Crippen LogP contribution in [0.25, 0.3) is 0 Å². The van der Waals surface area contributed by atoms with Gasteiger partial charge in [0, 0.05) is 5.56 Å². The number of hydrogen-bond acceptors (Lipinski definition) is 1. The molecule has 0 radical (unpaired) electrons. The average Bonchev–Trinajstić information content (AvgIpc) is 2.24. The summed E-state index contributed by atoms with van der Waals surface area (Å²) in [7, 11) is 0. The van der Waals surface area contributed by atoms with Crippen molar-refractivity contribution in [3.8, 4) is 0 Å². The van der Waals surface area contributed by atoms with Gasteiger partial charge >= 0.3 is 12.4 Å². The fraction of sp³-hybridized carbons (Fsp3) is 0.417. The van der Waals surface area contributed by atoms with Crippen LogP contribution in [0.5, 0.6) is 0 Å². The first-order valence-electron chi connectivity index (χ1n) is 5.31. The number of rotatable bonds is 2. The molecule has 0 saturated heterocycles. The molecule has 0 aliphatic rings. The van der Waals surface area contributed by atoms with Crippen LogP contribution in [-0.2, 0) is 18.8 Å². The maximum atomic E-state index is 12.7. The Labute approximate surface area is 105 Å². The maximum absolute atomic E-state index is 12.7. The lowest BCUT2D eigenvalue weighted by Crippen LogP contribution is -2.19. The van der Waals surface area contributed by atoms with Crippen molar-refractivity contribution in [2.75, 3.05) is 0 Å². The molecule has 0 atom stereocenters. The van der Waals surface area contributed by atoms with Gasteiger partial charge in [0.25, 0.3) is 0 Å². The van der Waals surface area contributed by atoms with Gasteiger partial charge in [0.1, 0.15) is 0 Å². The van der Waals surface area contributed by atoms with Crippen molar-refractivity contribution in [3.63, 3.8) is 0 Å². The van der Waals surface area contributed by atoms with Crippen LogP contribution in [0.4, 0.5) is 26.3 Å². The summed E-state index contributed by atoms with van der Waals surface area (Å²) in [5, 5.41) is 0. The minimum Gasteiger partial charge on any atom is -0.294 e. The zero-order chi connectivity index (χ0) is 15.0. The quantitative estimate of drug-likeness (QED) is 0.577. The predicted octanol–water partition coefficient (Wildman–Crippen LogP) is 4.49. The molecule has 1 aromatic rings. The highest BCUT2D eigenvalue weighted by Gasteiger charge is 2.40. The van der Waals surface area contributed by atoms with Gasteiger partial charge in [-0.05, 0) is 31.0 Å². The number of halogens is 6. The number of benzene rings is 1. The summed E-state index contributed by atoms with van der Waals surface area (Å²) in [5.41, 5.74) is -4.04. The van der Waals surface area contributed by atoms with Crippen molar-refractivity contribution in [1.29, 1.82) is 0 Å². The van der Waals surface area contributed by atoms with E-state index in [1.807, 2.05) is 0 Å². The Balaban J connectivity index is 3.72. The van der Waals surface area contributed by atoms with E-state index in [0.717, 1.165) is 6.92 Å². The third kappa shape index (κ3) is 3.08. The second-order valence-electron chi connectivity index (χ2n) is 3.92. The van der Waals surface area contributed by atoms with E-state index in [2.05, 4.69) is 0 Å². The van der Waals surface area contributed by atoms with Crippen molar-refractivity contribution in [2.45, 2.75) is 32.6 Å². The fourth-order valence-electron chi connectivity index (χ4n) is 1.92. The molecule has 0 aliphatic carbocycles. The van der Waals surface area contributed by atoms with E-state index < -0.39 is 40.4 Å². The first kappa shape index (κ1) is 15.5. The van der Waals surface area contributed by atoms with Crippen LogP contribution in [0.1, 0.15) is 40.9 Å². The normalized spacial score (nSPS) is 12.6. The molecule has 106 valence electrons. The fourth-order valence-corrected chi connectivity index (χ4v) is 1.92. The van der Waals surface area contributed by atoms with E-state index in [0.29, 0.717) is 12.1 Å². The Kier molecular flexibility index (Phi) is 3.97. The minimum atomic E-state index is -4.87. The van der Waals surface area contributed by atoms with Gasteiger partial charge in [-0.15, -0.1) is 0 Å². The molecular weight excluding hydrogens is 274 g/mol. The summed E-state index contributed by atoms with van der Waals surface area (Å²) < 4.78 is 76.3. The van der Waals surface area contributed by atoms with Gasteiger partial charge in [-0.25, -0.2) is 0 Å². The van der Waals surface area contributed by atoms with Gasteiger partial charge in [0.05, 0.1) is 11.1 Å². The number of carbonyl (C=O) groups is 1. The summed E-state index contributed by atoms with van der Waals surface area (Å²) in [6.45, 7) is 2.10. The molecule has 0 aromatic heterocycles. The largest absolute Gasteiger partial charge is 0.417 e. The molecule has 0 spiro atoms. The molecule has 1 nitrogen and oxygen atoms in total. The van der Waals surface area contributed by atoms with Crippen molar-refractivity contribution in [3.05, 3.63) is 34.4 Å². The van der Waals surface area contributed by atoms with Gasteiger partial charge in [0.2, 0.25) is 0 Å². The van der Waals surface area contributed by atoms with Crippen LogP contribution in [0.2, 0.25) is 0 Å². The second kappa shape index (κ2) is 4.86. The van der Waals surface area contributed by atoms with E-state index in [9.17, 15) is 31.1 Å². The zero-order valence-corrected chi connectivity index (χ0v) is 10.0. The molecule has 0 amide bonds. The topological polar surface area (TPSA) is 17.1 Å². The lowest BCUT2D eigenvalue weighted by atomic mass is 9.91. The van der Waals surface area contributed by atoms with Crippen molar-refractivity contribution >= 4 is 5.78 Å². The van der Waals surface area contributed by atoms with Crippen LogP contribution in [-0.4, -0.2) is 5.78 Å². The molecule has 7 heteroatoms. The molecule has 0 bridgehead atoms. The second-order valence-corrected chi connectivity index (χ2v) is 3.92. The van der Waals surface area contributed by atoms with Crippen LogP contribution in [0.15, 0.2) is 12.1 Å². The van der Waals surface area contributed by atoms with Gasteiger partial charge in [-0.2, -0.15) is 26.3 Å². The predicted molar refractivity (Wildman–Crippen MR) is 55.8 cm³/mol. The Hall–Kier alpha value is -1.53. The summed E-state index contributed by atoms with van der Waals surface area (Å²) in [4.78, 5) is 11.3. The number of carbonyl (C=O) groups excluding carboxylic acids is 1. The highest BCUT2D eigenvalue weighted by atomic mass is 19.4. The molecule has 0 unspecified atom stereocenters. The molecule has 0 heterocycles. The number of alkyl halides is 6. The van der Waals surface area contributed by atoms with Crippen LogP contribution < -0.4 is 0 Å². The van der Waals surface area contributed by atoms with Gasteiger partial charge < -0.3 is 0 Å². The molecular formula is C12H10F6O. The Bertz CT molecular complexity index is 498. The number of ketones is 1. The van der Waals surface area contributed by atoms with Crippen LogP contribution >= 0.6 is 0 Å². The van der Waals surface area contributed by atoms with Crippen molar-refractivity contribution in [2.24, 2.45) is 0 Å². The summed E-state index contributed by atoms with van der Waals surface area (Å²) in [6, 6.07) is 0.673. The highest BCUT2D eigenvalue weighted by molar-refractivity contribution is 5.97. The first-order valence-corrected chi connectivity index (χ1v) is 5.31. The molecule has 0 fully saturated rings. The van der Waals surface area contributed by atoms with E-state index in [4.69, 9.17) is 0 Å². The van der Waals surface area contributed by atoms with E-state index in [-0.39, 0.29) is 6.42 Å². The summed E-state index contributed by atoms with van der Waals surface area (Å²) in [6.07, 6.45) is -9.97. The Morgan fingerprint density at radius 3 is 1.74 bits per heavy atom. The Morgan fingerprint density at radius 2 is 1.42 bits per heavy atom. The third-order valence-electron chi connectivity index (χ3n) is 2.63. The van der Waals surface area contributed by atoms with E-state index in [1.165, 1.54) is 6.92 Å². The van der Waals surface area contributed by atoms with Gasteiger partial charge in [-0.3, -0.25) is 4.79 Å². The molecule has 0 saturated carbocycles. The average molecular weight is 284 g/mol. The van der Waals surface area contributed by atoms with Crippen molar-refractivity contribution in [1.82, 2.24) is 0 Å². The van der Waals surface area contributed by atoms with Gasteiger partial charge in [0.15, 0.2) is 5.78 Å². The molecule has 19 heavy (non-hydrogen) atoms. The van der Waals surface area contributed by atoms with E-state index in [1.54, 1.807) is 0 Å². The Morgan fingerprint density at radius 1 is 1.00 bits per heavy atom. The monoisotopic (exact) mass is 284 g/mol. The van der Waals surface area contributed by atoms with E-state index >= 15 is 0 Å². The molecule has 0 aliphatic heterocycles. The summed E-state index contributed by atoms with van der Waals surface area (Å²) >= 11 is 0. The number of hydrogen-bond donors (Lipinski definition) is 0. The minimum absolute atomic E-state index is 0.304. The molecule has 0 N–H and O–H groups in total. The lowest BCUT2D eigenvalue weighted by molar-refractivity contribution is -0.142. The smallest absolute Gasteiger partial charge is 0.294 e. The van der Waals surface area contributed by atoms with Crippen LogP contribution in [0.3, 0.4) is 0 Å². The standard InChI is InChI=1S/C12H10F6O/c1-3-7-8(11(13,14)15)4-5-9(12(16,17)18)10(7)6(2)19/h4-5H,3H2,1-2H3. The SMILES string of the molecule is CCc1c(C(F)(F)F)ccc(C(F)(F)F)c1C(C)=O. The lowest BCUT2D eigenvalue weighted by Gasteiger charge is -2.19. The zero-order valence-electron chi connectivity index (χ0n) is 10.0. The number of Topliss-reactive ketones (excluding diaryl/α,β-unsaturated/α-hetero) is 1. The molecule has 1 rings (SSSR count). The van der Waals surface area contributed by atoms with Crippen LogP contribution in [0, 0.1) is 0 Å². The summed E-state index contributed by atoms with van der Waals surface area (Å²) in [5.74, 6) is -1.03. The maximum Gasteiger partial charge on any atom is 0.417 e. The molecule has 1 aromatic carbocycles.